The van der Waals surface area contributed by atoms with Crippen LogP contribution < -0.4 is 5.73 Å². The van der Waals surface area contributed by atoms with Gasteiger partial charge in [0.25, 0.3) is 11.8 Å². The van der Waals surface area contributed by atoms with Gasteiger partial charge in [-0.3, -0.25) is 14.5 Å². The van der Waals surface area contributed by atoms with Gasteiger partial charge in [0.05, 0.1) is 17.2 Å². The van der Waals surface area contributed by atoms with Crippen molar-refractivity contribution in [3.05, 3.63) is 29.3 Å². The second-order valence-corrected chi connectivity index (χ2v) is 5.15. The second-order valence-electron chi connectivity index (χ2n) is 5.15. The molecule has 0 aromatic heterocycles. The fourth-order valence-electron chi connectivity index (χ4n) is 2.72. The maximum atomic E-state index is 12.3. The van der Waals surface area contributed by atoms with Crippen molar-refractivity contribution < 1.29 is 14.3 Å². The highest BCUT2D eigenvalue weighted by molar-refractivity contribution is 6.21. The molecule has 0 aliphatic carbocycles. The number of ether oxygens (including phenoxy) is 1. The summed E-state index contributed by atoms with van der Waals surface area (Å²) >= 11 is 0. The number of anilines is 1. The largest absolute Gasteiger partial charge is 0.399 e. The lowest BCUT2D eigenvalue weighted by atomic mass is 10.0. The normalized spacial score (nSPS) is 26.1. The maximum Gasteiger partial charge on any atom is 0.261 e. The summed E-state index contributed by atoms with van der Waals surface area (Å²) in [4.78, 5) is 25.8. The minimum absolute atomic E-state index is 0.0920. The minimum Gasteiger partial charge on any atom is -0.399 e. The van der Waals surface area contributed by atoms with E-state index in [1.54, 1.807) is 18.2 Å². The average Bonchev–Trinajstić information content (AvgIpc) is 2.88. The molecule has 0 spiro atoms. The molecule has 19 heavy (non-hydrogen) atoms. The van der Waals surface area contributed by atoms with Crippen LogP contribution in [0, 0.1) is 5.92 Å². The van der Waals surface area contributed by atoms with Gasteiger partial charge in [-0.15, -0.1) is 0 Å². The van der Waals surface area contributed by atoms with Gasteiger partial charge in [-0.1, -0.05) is 0 Å². The first-order chi connectivity index (χ1) is 9.08. The molecule has 2 unspecified atom stereocenters. The molecule has 2 N–H and O–H groups in total. The summed E-state index contributed by atoms with van der Waals surface area (Å²) in [6.07, 6.45) is 0.978. The standard InChI is InChI=1S/C14H16N2O3/c1-8-9(4-5-19-8)7-16-13(17)11-3-2-10(15)6-12(11)14(16)18/h2-3,6,8-9H,4-5,7,15H2,1H3. The Morgan fingerprint density at radius 2 is 2.05 bits per heavy atom. The van der Waals surface area contributed by atoms with Crippen LogP contribution in [0.1, 0.15) is 34.1 Å². The molecular weight excluding hydrogens is 244 g/mol. The molecule has 0 radical (unpaired) electrons. The quantitative estimate of drug-likeness (QED) is 0.642. The van der Waals surface area contributed by atoms with Gasteiger partial charge in [-0.25, -0.2) is 0 Å². The van der Waals surface area contributed by atoms with Crippen LogP contribution in [0.15, 0.2) is 18.2 Å². The van der Waals surface area contributed by atoms with E-state index in [0.717, 1.165) is 6.42 Å². The van der Waals surface area contributed by atoms with Gasteiger partial charge < -0.3 is 10.5 Å². The molecule has 100 valence electrons. The van der Waals surface area contributed by atoms with Crippen LogP contribution in [0.3, 0.4) is 0 Å². The van der Waals surface area contributed by atoms with Crippen molar-refractivity contribution >= 4 is 17.5 Å². The highest BCUT2D eigenvalue weighted by atomic mass is 16.5. The summed E-state index contributed by atoms with van der Waals surface area (Å²) in [5.41, 5.74) is 7.03. The third kappa shape index (κ3) is 1.90. The number of carbonyl (C=O) groups is 2. The Labute approximate surface area is 111 Å². The maximum absolute atomic E-state index is 12.3. The average molecular weight is 260 g/mol. The molecule has 5 nitrogen and oxygen atoms in total. The highest BCUT2D eigenvalue weighted by Gasteiger charge is 2.38. The Morgan fingerprint density at radius 1 is 1.32 bits per heavy atom. The van der Waals surface area contributed by atoms with Crippen molar-refractivity contribution in [3.63, 3.8) is 0 Å². The Balaban J connectivity index is 1.86. The summed E-state index contributed by atoms with van der Waals surface area (Å²) < 4.78 is 5.47. The molecule has 2 heterocycles. The number of hydrogen-bond acceptors (Lipinski definition) is 4. The second kappa shape index (κ2) is 4.35. The lowest BCUT2D eigenvalue weighted by molar-refractivity contribution is 0.0577. The zero-order valence-electron chi connectivity index (χ0n) is 10.8. The Hall–Kier alpha value is -1.88. The molecule has 3 rings (SSSR count). The third-order valence-corrected chi connectivity index (χ3v) is 3.95. The monoisotopic (exact) mass is 260 g/mol. The van der Waals surface area contributed by atoms with Crippen molar-refractivity contribution in [2.24, 2.45) is 5.92 Å². The van der Waals surface area contributed by atoms with E-state index in [2.05, 4.69) is 0 Å². The van der Waals surface area contributed by atoms with Gasteiger partial charge in [0, 0.05) is 24.8 Å². The Morgan fingerprint density at radius 3 is 2.74 bits per heavy atom. The van der Waals surface area contributed by atoms with Gasteiger partial charge in [0.2, 0.25) is 0 Å². The van der Waals surface area contributed by atoms with Crippen molar-refractivity contribution in [2.75, 3.05) is 18.9 Å². The van der Waals surface area contributed by atoms with Crippen LogP contribution in [0.2, 0.25) is 0 Å². The van der Waals surface area contributed by atoms with Gasteiger partial charge in [0.15, 0.2) is 0 Å². The van der Waals surface area contributed by atoms with Crippen molar-refractivity contribution in [1.29, 1.82) is 0 Å². The molecule has 1 aromatic carbocycles. The van der Waals surface area contributed by atoms with E-state index < -0.39 is 0 Å². The van der Waals surface area contributed by atoms with Crippen LogP contribution in [0.4, 0.5) is 5.69 Å². The number of nitrogens with zero attached hydrogens (tertiary/aromatic N) is 1. The van der Waals surface area contributed by atoms with Crippen LogP contribution in [-0.4, -0.2) is 36.0 Å². The highest BCUT2D eigenvalue weighted by Crippen LogP contribution is 2.28. The van der Waals surface area contributed by atoms with Crippen LogP contribution in [0.25, 0.3) is 0 Å². The zero-order valence-corrected chi connectivity index (χ0v) is 10.8. The minimum atomic E-state index is -0.244. The van der Waals surface area contributed by atoms with Crippen LogP contribution >= 0.6 is 0 Å². The number of rotatable bonds is 2. The van der Waals surface area contributed by atoms with E-state index in [9.17, 15) is 9.59 Å². The summed E-state index contributed by atoms with van der Waals surface area (Å²) in [6, 6.07) is 4.85. The van der Waals surface area contributed by atoms with Crippen LogP contribution in [-0.2, 0) is 4.74 Å². The number of amides is 2. The molecule has 0 bridgehead atoms. The molecule has 1 aromatic rings. The number of fused-ring (bicyclic) bond motifs is 1. The predicted octanol–water partition coefficient (Wildman–Crippen LogP) is 1.29. The first kappa shape index (κ1) is 12.2. The number of nitrogen functional groups attached to an aromatic ring is 1. The summed E-state index contributed by atoms with van der Waals surface area (Å²) in [5.74, 6) is -0.245. The molecule has 0 saturated carbocycles. The lowest BCUT2D eigenvalue weighted by Gasteiger charge is -2.20. The van der Waals surface area contributed by atoms with Crippen molar-refractivity contribution in [2.45, 2.75) is 19.4 Å². The van der Waals surface area contributed by atoms with Crippen molar-refractivity contribution in [1.82, 2.24) is 4.90 Å². The molecular formula is C14H16N2O3. The van der Waals surface area contributed by atoms with Crippen LogP contribution in [0.5, 0.6) is 0 Å². The Bertz CT molecular complexity index is 556. The molecule has 1 fully saturated rings. The predicted molar refractivity (Wildman–Crippen MR) is 69.7 cm³/mol. The lowest BCUT2D eigenvalue weighted by Crippen LogP contribution is -2.36. The van der Waals surface area contributed by atoms with E-state index in [1.165, 1.54) is 4.90 Å². The molecule has 2 atom stereocenters. The molecule has 2 aliphatic heterocycles. The topological polar surface area (TPSA) is 72.6 Å². The number of hydrogen-bond donors (Lipinski definition) is 1. The fraction of sp³-hybridized carbons (Fsp3) is 0.429. The van der Waals surface area contributed by atoms with Gasteiger partial charge in [-0.05, 0) is 31.5 Å². The number of benzene rings is 1. The molecule has 5 heteroatoms. The summed E-state index contributed by atoms with van der Waals surface area (Å²) in [5, 5.41) is 0. The van der Waals surface area contributed by atoms with E-state index in [0.29, 0.717) is 30.0 Å². The van der Waals surface area contributed by atoms with Gasteiger partial charge in [-0.2, -0.15) is 0 Å². The van der Waals surface area contributed by atoms with Gasteiger partial charge in [0.1, 0.15) is 0 Å². The Kier molecular flexibility index (Phi) is 2.78. The van der Waals surface area contributed by atoms with Crippen molar-refractivity contribution in [3.8, 4) is 0 Å². The smallest absolute Gasteiger partial charge is 0.261 e. The van der Waals surface area contributed by atoms with E-state index in [4.69, 9.17) is 10.5 Å². The molecule has 2 amide bonds. The third-order valence-electron chi connectivity index (χ3n) is 3.95. The number of carbonyl (C=O) groups excluding carboxylic acids is 2. The first-order valence-electron chi connectivity index (χ1n) is 6.45. The van der Waals surface area contributed by atoms with Gasteiger partial charge >= 0.3 is 0 Å². The molecule has 1 saturated heterocycles. The number of nitrogens with two attached hydrogens (primary N) is 1. The first-order valence-corrected chi connectivity index (χ1v) is 6.45. The zero-order chi connectivity index (χ0) is 13.6. The van der Waals surface area contributed by atoms with E-state index in [-0.39, 0.29) is 23.8 Å². The SMILES string of the molecule is CC1OCCC1CN1C(=O)c2ccc(N)cc2C1=O. The van der Waals surface area contributed by atoms with E-state index >= 15 is 0 Å². The summed E-state index contributed by atoms with van der Waals surface area (Å²) in [6.45, 7) is 3.10. The summed E-state index contributed by atoms with van der Waals surface area (Å²) in [7, 11) is 0. The number of imide groups is 1. The molecule has 2 aliphatic rings. The fourth-order valence-corrected chi connectivity index (χ4v) is 2.72. The van der Waals surface area contributed by atoms with E-state index in [1.807, 2.05) is 6.92 Å².